The molecule has 1 saturated heterocycles. The number of amides is 1. The van der Waals surface area contributed by atoms with Crippen molar-refractivity contribution in [2.75, 3.05) is 33.3 Å². The van der Waals surface area contributed by atoms with E-state index in [0.29, 0.717) is 25.4 Å². The Balaban J connectivity index is 1.74. The number of likely N-dealkylation sites (tertiary alicyclic amines) is 1. The summed E-state index contributed by atoms with van der Waals surface area (Å²) in [5.41, 5.74) is 0.509. The van der Waals surface area contributed by atoms with E-state index in [9.17, 15) is 9.90 Å². The molecule has 5 nitrogen and oxygen atoms in total. The zero-order valence-corrected chi connectivity index (χ0v) is 21.5. The van der Waals surface area contributed by atoms with E-state index in [1.54, 1.807) is 7.11 Å². The molecule has 1 heterocycles. The molecule has 188 valence electrons. The molecule has 3 unspecified atom stereocenters. The second-order valence-corrected chi connectivity index (χ2v) is 10.7. The predicted molar refractivity (Wildman–Crippen MR) is 141 cm³/mol. The topological polar surface area (TPSA) is 53.0 Å². The minimum Gasteiger partial charge on any atom is -0.497 e. The Bertz CT molecular complexity index is 1020. The number of ether oxygens (including phenoxy) is 1. The van der Waals surface area contributed by atoms with Crippen molar-refractivity contribution in [3.63, 3.8) is 0 Å². The van der Waals surface area contributed by atoms with Gasteiger partial charge in [-0.25, -0.2) is 0 Å². The SMILES string of the molecule is C=CCN1CCC2(c3cccc(OC)c3)CC(N(CC(C)C)C(=O)c3ccccc3)CCC2(O)C1. The number of aliphatic hydroxyl groups is 1. The van der Waals surface area contributed by atoms with Crippen LogP contribution in [-0.4, -0.2) is 65.7 Å². The third-order valence-electron chi connectivity index (χ3n) is 8.00. The first-order valence-corrected chi connectivity index (χ1v) is 12.9. The van der Waals surface area contributed by atoms with Gasteiger partial charge in [0.15, 0.2) is 0 Å². The molecule has 2 fully saturated rings. The molecule has 0 bridgehead atoms. The number of hydrogen-bond donors (Lipinski definition) is 1. The minimum atomic E-state index is -0.879. The maximum atomic E-state index is 13.7. The Labute approximate surface area is 210 Å². The highest BCUT2D eigenvalue weighted by Gasteiger charge is 2.58. The van der Waals surface area contributed by atoms with E-state index in [1.807, 2.05) is 48.5 Å². The van der Waals surface area contributed by atoms with Gasteiger partial charge in [0.25, 0.3) is 5.91 Å². The zero-order chi connectivity index (χ0) is 25.1. The smallest absolute Gasteiger partial charge is 0.254 e. The molecular formula is C30H40N2O3. The Kier molecular flexibility index (Phi) is 7.67. The maximum absolute atomic E-state index is 13.7. The molecule has 35 heavy (non-hydrogen) atoms. The highest BCUT2D eigenvalue weighted by atomic mass is 16.5. The lowest BCUT2D eigenvalue weighted by Crippen LogP contribution is -2.67. The summed E-state index contributed by atoms with van der Waals surface area (Å²) < 4.78 is 5.57. The summed E-state index contributed by atoms with van der Waals surface area (Å²) in [4.78, 5) is 18.1. The van der Waals surface area contributed by atoms with Crippen molar-refractivity contribution in [3.8, 4) is 5.75 Å². The van der Waals surface area contributed by atoms with E-state index in [-0.39, 0.29) is 11.9 Å². The first-order valence-electron chi connectivity index (χ1n) is 12.9. The van der Waals surface area contributed by atoms with Crippen LogP contribution in [0, 0.1) is 5.92 Å². The Morgan fingerprint density at radius 1 is 1.23 bits per heavy atom. The normalized spacial score (nSPS) is 26.7. The van der Waals surface area contributed by atoms with Crippen molar-refractivity contribution in [2.24, 2.45) is 5.92 Å². The van der Waals surface area contributed by atoms with Gasteiger partial charge in [-0.05, 0) is 68.0 Å². The van der Waals surface area contributed by atoms with Crippen LogP contribution in [0.15, 0.2) is 67.3 Å². The molecule has 1 N–H and O–H groups in total. The van der Waals surface area contributed by atoms with Crippen molar-refractivity contribution in [2.45, 2.75) is 56.6 Å². The average Bonchev–Trinajstić information content (AvgIpc) is 2.87. The number of carbonyl (C=O) groups is 1. The number of benzene rings is 2. The van der Waals surface area contributed by atoms with Crippen molar-refractivity contribution >= 4 is 5.91 Å². The number of fused-ring (bicyclic) bond motifs is 1. The van der Waals surface area contributed by atoms with Gasteiger partial charge < -0.3 is 14.7 Å². The molecule has 4 rings (SSSR count). The number of carbonyl (C=O) groups excluding carboxylic acids is 1. The van der Waals surface area contributed by atoms with Crippen molar-refractivity contribution in [3.05, 3.63) is 78.4 Å². The van der Waals surface area contributed by atoms with Crippen LogP contribution < -0.4 is 4.74 Å². The second kappa shape index (κ2) is 10.5. The van der Waals surface area contributed by atoms with Crippen molar-refractivity contribution in [1.82, 2.24) is 9.80 Å². The first kappa shape index (κ1) is 25.5. The monoisotopic (exact) mass is 476 g/mol. The average molecular weight is 477 g/mol. The first-order chi connectivity index (χ1) is 16.8. The summed E-state index contributed by atoms with van der Waals surface area (Å²) in [6, 6.07) is 17.8. The molecule has 1 aliphatic carbocycles. The summed E-state index contributed by atoms with van der Waals surface area (Å²) in [5.74, 6) is 1.24. The molecule has 0 spiro atoms. The molecule has 2 aromatic rings. The van der Waals surface area contributed by atoms with E-state index in [0.717, 1.165) is 49.2 Å². The van der Waals surface area contributed by atoms with Crippen LogP contribution in [-0.2, 0) is 5.41 Å². The van der Waals surface area contributed by atoms with Gasteiger partial charge in [0.05, 0.1) is 12.7 Å². The van der Waals surface area contributed by atoms with E-state index < -0.39 is 11.0 Å². The van der Waals surface area contributed by atoms with Gasteiger partial charge in [-0.3, -0.25) is 9.69 Å². The van der Waals surface area contributed by atoms with E-state index >= 15 is 0 Å². The molecule has 1 amide bonds. The van der Waals surface area contributed by atoms with E-state index in [4.69, 9.17) is 4.74 Å². The van der Waals surface area contributed by atoms with E-state index in [1.165, 1.54) is 0 Å². The maximum Gasteiger partial charge on any atom is 0.254 e. The van der Waals surface area contributed by atoms with Gasteiger partial charge in [-0.2, -0.15) is 0 Å². The van der Waals surface area contributed by atoms with Gasteiger partial charge >= 0.3 is 0 Å². The summed E-state index contributed by atoms with van der Waals surface area (Å²) in [6.45, 7) is 11.2. The van der Waals surface area contributed by atoms with Crippen molar-refractivity contribution < 1.29 is 14.6 Å². The standard InChI is InChI=1S/C30H40N2O3/c1-5-17-31-18-16-29(25-12-9-13-27(19-25)35-4)20-26(14-15-30(29,34)22-31)32(21-23(2)3)28(33)24-10-7-6-8-11-24/h5-13,19,23,26,34H,1,14-18,20-22H2,2-4H3. The predicted octanol–water partition coefficient (Wildman–Crippen LogP) is 4.91. The third kappa shape index (κ3) is 5.03. The fourth-order valence-corrected chi connectivity index (χ4v) is 6.30. The lowest BCUT2D eigenvalue weighted by molar-refractivity contribution is -0.131. The Hall–Kier alpha value is -2.63. The fraction of sp³-hybridized carbons (Fsp3) is 0.500. The van der Waals surface area contributed by atoms with Crippen LogP contribution >= 0.6 is 0 Å². The molecule has 0 aromatic heterocycles. The molecule has 1 saturated carbocycles. The van der Waals surface area contributed by atoms with Crippen LogP contribution in [0.4, 0.5) is 0 Å². The van der Waals surface area contributed by atoms with Crippen LogP contribution in [0.3, 0.4) is 0 Å². The second-order valence-electron chi connectivity index (χ2n) is 10.7. The van der Waals surface area contributed by atoms with Gasteiger partial charge in [-0.1, -0.05) is 50.3 Å². The summed E-state index contributed by atoms with van der Waals surface area (Å²) in [5, 5.41) is 12.3. The largest absolute Gasteiger partial charge is 0.497 e. The van der Waals surface area contributed by atoms with Crippen LogP contribution in [0.2, 0.25) is 0 Å². The molecule has 1 aliphatic heterocycles. The zero-order valence-electron chi connectivity index (χ0n) is 21.5. The molecule has 2 aromatic carbocycles. The summed E-state index contributed by atoms with van der Waals surface area (Å²) in [7, 11) is 1.68. The summed E-state index contributed by atoms with van der Waals surface area (Å²) >= 11 is 0. The quantitative estimate of drug-likeness (QED) is 0.550. The van der Waals surface area contributed by atoms with Crippen LogP contribution in [0.25, 0.3) is 0 Å². The number of piperidine rings is 1. The number of methoxy groups -OCH3 is 1. The van der Waals surface area contributed by atoms with Gasteiger partial charge in [0.1, 0.15) is 5.75 Å². The number of hydrogen-bond acceptors (Lipinski definition) is 4. The van der Waals surface area contributed by atoms with Crippen LogP contribution in [0.5, 0.6) is 5.75 Å². The summed E-state index contributed by atoms with van der Waals surface area (Å²) in [6.07, 6.45) is 4.92. The highest BCUT2D eigenvalue weighted by Crippen LogP contribution is 2.53. The molecule has 2 aliphatic rings. The van der Waals surface area contributed by atoms with Gasteiger partial charge in [0.2, 0.25) is 0 Å². The molecular weight excluding hydrogens is 436 g/mol. The molecule has 3 atom stereocenters. The molecule has 5 heteroatoms. The minimum absolute atomic E-state index is 0.0579. The van der Waals surface area contributed by atoms with Crippen molar-refractivity contribution in [1.29, 1.82) is 0 Å². The Morgan fingerprint density at radius 3 is 2.69 bits per heavy atom. The highest BCUT2D eigenvalue weighted by molar-refractivity contribution is 5.94. The number of rotatable bonds is 8. The van der Waals surface area contributed by atoms with Crippen LogP contribution in [0.1, 0.15) is 55.5 Å². The van der Waals surface area contributed by atoms with Gasteiger partial charge in [-0.15, -0.1) is 6.58 Å². The Morgan fingerprint density at radius 2 is 2.00 bits per heavy atom. The molecule has 0 radical (unpaired) electrons. The lowest BCUT2D eigenvalue weighted by atomic mass is 9.55. The van der Waals surface area contributed by atoms with Gasteiger partial charge in [0, 0.05) is 36.7 Å². The lowest BCUT2D eigenvalue weighted by Gasteiger charge is -2.59. The van der Waals surface area contributed by atoms with E-state index in [2.05, 4.69) is 42.4 Å². The fourth-order valence-electron chi connectivity index (χ4n) is 6.30. The number of nitrogens with zero attached hydrogens (tertiary/aromatic N) is 2. The third-order valence-corrected chi connectivity index (χ3v) is 8.00. The number of β-amino-alcohol motifs (C(OH)–C–C–N with tert-alkyl or cyclic N) is 1.